The van der Waals surface area contributed by atoms with Crippen molar-refractivity contribution in [1.82, 2.24) is 0 Å². The highest BCUT2D eigenvalue weighted by atomic mass is 16.6. The van der Waals surface area contributed by atoms with Crippen LogP contribution in [0.3, 0.4) is 0 Å². The molecule has 0 aliphatic carbocycles. The number of carboxylic acids is 1. The summed E-state index contributed by atoms with van der Waals surface area (Å²) in [5, 5.41) is 26.4. The molecule has 0 aromatic carbocycles. The molecule has 0 aromatic rings. The lowest BCUT2D eigenvalue weighted by atomic mass is 10.1. The fraction of sp³-hybridized carbons (Fsp3) is 0.583. The van der Waals surface area contributed by atoms with Gasteiger partial charge in [-0.05, 0) is 24.7 Å². The molecular weight excluding hydrogens is 224 g/mol. The topological polar surface area (TPSA) is 90.3 Å². The minimum absolute atomic E-state index is 0.0263. The molecule has 5 heteroatoms. The van der Waals surface area contributed by atoms with E-state index in [9.17, 15) is 9.90 Å². The van der Waals surface area contributed by atoms with Crippen LogP contribution >= 0.6 is 0 Å². The summed E-state index contributed by atoms with van der Waals surface area (Å²) in [7, 11) is 0. The lowest BCUT2D eigenvalue weighted by molar-refractivity contribution is -0.137. The van der Waals surface area contributed by atoms with Gasteiger partial charge in [0.25, 0.3) is 0 Å². The van der Waals surface area contributed by atoms with Crippen LogP contribution < -0.4 is 0 Å². The first-order valence-corrected chi connectivity index (χ1v) is 5.30. The fourth-order valence-corrected chi connectivity index (χ4v) is 1.15. The number of aliphatic hydroxyl groups is 2. The van der Waals surface area contributed by atoms with Crippen LogP contribution in [-0.4, -0.2) is 46.2 Å². The Kier molecular flexibility index (Phi) is 5.51. The van der Waals surface area contributed by atoms with Crippen LogP contribution in [0.1, 0.15) is 19.3 Å². The third-order valence-electron chi connectivity index (χ3n) is 2.15. The average molecular weight is 238 g/mol. The lowest BCUT2D eigenvalue weighted by Crippen LogP contribution is -2.04. The summed E-state index contributed by atoms with van der Waals surface area (Å²) < 4.78 is 4.95. The summed E-state index contributed by atoms with van der Waals surface area (Å²) >= 11 is 0. The maximum absolute atomic E-state index is 10.2. The van der Waals surface area contributed by atoms with Gasteiger partial charge in [0.2, 0.25) is 0 Å². The van der Waals surface area contributed by atoms with Crippen molar-refractivity contribution >= 4 is 5.97 Å². The molecule has 92 valence electrons. The molecule has 0 amide bonds. The second kappa shape index (κ2) is 6.93. The van der Waals surface area contributed by atoms with Gasteiger partial charge in [-0.3, -0.25) is 4.79 Å². The van der Waals surface area contributed by atoms with Crippen molar-refractivity contribution in [3.8, 4) is 23.7 Å². The molecule has 0 spiro atoms. The fourth-order valence-electron chi connectivity index (χ4n) is 1.15. The molecule has 0 saturated carbocycles. The highest BCUT2D eigenvalue weighted by Crippen LogP contribution is 2.19. The molecule has 0 aromatic heterocycles. The highest BCUT2D eigenvalue weighted by Gasteiger charge is 2.36. The number of hydrogen-bond acceptors (Lipinski definition) is 4. The van der Waals surface area contributed by atoms with Crippen LogP contribution in [0.5, 0.6) is 0 Å². The van der Waals surface area contributed by atoms with Crippen LogP contribution in [0.25, 0.3) is 0 Å². The Balaban J connectivity index is 2.18. The van der Waals surface area contributed by atoms with Crippen molar-refractivity contribution in [3.05, 3.63) is 0 Å². The predicted octanol–water partition coefficient (Wildman–Crippen LogP) is -0.631. The zero-order valence-electron chi connectivity index (χ0n) is 9.22. The summed E-state index contributed by atoms with van der Waals surface area (Å²) in [6.45, 7) is -0.0510. The Morgan fingerprint density at radius 1 is 1.41 bits per heavy atom. The molecule has 0 unspecified atom stereocenters. The van der Waals surface area contributed by atoms with E-state index < -0.39 is 12.1 Å². The van der Waals surface area contributed by atoms with Gasteiger partial charge in [-0.25, -0.2) is 0 Å². The van der Waals surface area contributed by atoms with Crippen LogP contribution in [0.15, 0.2) is 0 Å². The molecule has 0 bridgehead atoms. The van der Waals surface area contributed by atoms with Crippen molar-refractivity contribution < 1.29 is 24.9 Å². The van der Waals surface area contributed by atoms with Gasteiger partial charge in [0.1, 0.15) is 18.3 Å². The largest absolute Gasteiger partial charge is 0.481 e. The zero-order valence-corrected chi connectivity index (χ0v) is 9.22. The van der Waals surface area contributed by atoms with E-state index in [2.05, 4.69) is 23.7 Å². The number of ether oxygens (including phenoxy) is 1. The molecule has 5 nitrogen and oxygen atoms in total. The third kappa shape index (κ3) is 5.94. The van der Waals surface area contributed by atoms with E-state index in [1.807, 2.05) is 0 Å². The van der Waals surface area contributed by atoms with Gasteiger partial charge in [-0.2, -0.15) is 0 Å². The highest BCUT2D eigenvalue weighted by molar-refractivity contribution is 5.66. The Morgan fingerprint density at radius 3 is 2.76 bits per heavy atom. The second-order valence-corrected chi connectivity index (χ2v) is 3.62. The molecule has 17 heavy (non-hydrogen) atoms. The SMILES string of the molecule is O=C(O)CCC[C@@H](O)C#CC#C[C@@H]1O[C@H]1CO. The molecule has 3 atom stereocenters. The van der Waals surface area contributed by atoms with Gasteiger partial charge < -0.3 is 20.1 Å². The number of hydrogen-bond donors (Lipinski definition) is 3. The Hall–Kier alpha value is -1.53. The van der Waals surface area contributed by atoms with Crippen molar-refractivity contribution in [2.75, 3.05) is 6.61 Å². The van der Waals surface area contributed by atoms with Crippen molar-refractivity contribution in [2.24, 2.45) is 0 Å². The molecular formula is C12H14O5. The van der Waals surface area contributed by atoms with Gasteiger partial charge in [0.15, 0.2) is 0 Å². The van der Waals surface area contributed by atoms with E-state index in [-0.39, 0.29) is 25.2 Å². The van der Waals surface area contributed by atoms with Crippen LogP contribution in [0, 0.1) is 23.7 Å². The predicted molar refractivity (Wildman–Crippen MR) is 58.8 cm³/mol. The van der Waals surface area contributed by atoms with E-state index in [0.717, 1.165) is 0 Å². The number of carbonyl (C=O) groups is 1. The maximum Gasteiger partial charge on any atom is 0.303 e. The molecule has 1 saturated heterocycles. The number of aliphatic hydroxyl groups excluding tert-OH is 2. The van der Waals surface area contributed by atoms with E-state index in [1.165, 1.54) is 0 Å². The van der Waals surface area contributed by atoms with E-state index in [1.54, 1.807) is 0 Å². The first-order chi connectivity index (χ1) is 8.13. The molecule has 1 aliphatic heterocycles. The summed E-state index contributed by atoms with van der Waals surface area (Å²) in [6.07, 6.45) is -0.573. The van der Waals surface area contributed by atoms with E-state index >= 15 is 0 Å². The molecule has 3 N–H and O–H groups in total. The first-order valence-electron chi connectivity index (χ1n) is 5.30. The Bertz CT molecular complexity index is 381. The zero-order chi connectivity index (χ0) is 12.7. The summed E-state index contributed by atoms with van der Waals surface area (Å²) in [5.41, 5.74) is 0. The van der Waals surface area contributed by atoms with E-state index in [4.69, 9.17) is 14.9 Å². The monoisotopic (exact) mass is 238 g/mol. The summed E-state index contributed by atoms with van der Waals surface area (Å²) in [5.74, 6) is 9.27. The van der Waals surface area contributed by atoms with Gasteiger partial charge in [-0.1, -0.05) is 11.8 Å². The molecule has 1 fully saturated rings. The number of carboxylic acid groups (broad SMARTS) is 1. The average Bonchev–Trinajstić information content (AvgIpc) is 3.02. The molecule has 0 radical (unpaired) electrons. The summed E-state index contributed by atoms with van der Waals surface area (Å²) in [6, 6.07) is 0. The third-order valence-corrected chi connectivity index (χ3v) is 2.15. The smallest absolute Gasteiger partial charge is 0.303 e. The van der Waals surface area contributed by atoms with Crippen LogP contribution in [0.4, 0.5) is 0 Å². The Labute approximate surface area is 99.4 Å². The second-order valence-electron chi connectivity index (χ2n) is 3.62. The van der Waals surface area contributed by atoms with Crippen molar-refractivity contribution in [1.29, 1.82) is 0 Å². The molecule has 1 rings (SSSR count). The number of rotatable bonds is 5. The molecule has 1 aliphatic rings. The number of epoxide rings is 1. The number of aliphatic carboxylic acids is 1. The quantitative estimate of drug-likeness (QED) is 0.438. The lowest BCUT2D eigenvalue weighted by Gasteiger charge is -1.99. The molecule has 1 heterocycles. The normalized spacial score (nSPS) is 22.7. The standard InChI is InChI=1S/C12H14O5/c13-8-11-10(17-11)6-2-1-4-9(14)5-3-7-12(15)16/h9-11,13-14H,3,5,7-8H2,(H,15,16)/t9-,10-,11-/m0/s1. The van der Waals surface area contributed by atoms with Gasteiger partial charge in [0.05, 0.1) is 6.61 Å². The van der Waals surface area contributed by atoms with E-state index in [0.29, 0.717) is 12.8 Å². The summed E-state index contributed by atoms with van der Waals surface area (Å²) in [4.78, 5) is 10.2. The maximum atomic E-state index is 10.2. The van der Waals surface area contributed by atoms with Crippen molar-refractivity contribution in [2.45, 2.75) is 37.6 Å². The Morgan fingerprint density at radius 2 is 2.18 bits per heavy atom. The minimum atomic E-state index is -0.883. The van der Waals surface area contributed by atoms with Crippen molar-refractivity contribution in [3.63, 3.8) is 0 Å². The van der Waals surface area contributed by atoms with Gasteiger partial charge in [-0.15, -0.1) is 0 Å². The van der Waals surface area contributed by atoms with Gasteiger partial charge >= 0.3 is 5.97 Å². The van der Waals surface area contributed by atoms with Crippen LogP contribution in [0.2, 0.25) is 0 Å². The minimum Gasteiger partial charge on any atom is -0.481 e. The van der Waals surface area contributed by atoms with Crippen LogP contribution in [-0.2, 0) is 9.53 Å². The first kappa shape index (κ1) is 13.5. The van der Waals surface area contributed by atoms with Gasteiger partial charge in [0, 0.05) is 6.42 Å².